The molecule has 5 amide bonds. The Bertz CT molecular complexity index is 1250. The van der Waals surface area contributed by atoms with Gasteiger partial charge in [-0.2, -0.15) is 0 Å². The van der Waals surface area contributed by atoms with E-state index >= 15 is 0 Å². The molecule has 5 rings (SSSR count). The molecule has 3 N–H and O–H groups in total. The molecular formula is C24H25N7O4. The first kappa shape index (κ1) is 22.5. The fourth-order valence-electron chi connectivity index (χ4n) is 4.74. The van der Waals surface area contributed by atoms with Gasteiger partial charge in [-0.3, -0.25) is 25.0 Å². The van der Waals surface area contributed by atoms with Gasteiger partial charge in [-0.15, -0.1) is 10.2 Å². The maximum Gasteiger partial charge on any atom is 0.325 e. The minimum Gasteiger partial charge on any atom is -0.365 e. The van der Waals surface area contributed by atoms with Crippen LogP contribution in [0.3, 0.4) is 0 Å². The summed E-state index contributed by atoms with van der Waals surface area (Å²) in [7, 11) is 1.84. The average Bonchev–Trinajstić information content (AvgIpc) is 3.45. The molecule has 11 nitrogen and oxygen atoms in total. The molecule has 11 heteroatoms. The molecule has 0 spiro atoms. The number of nitrogens with one attached hydrogen (secondary N) is 3. The Morgan fingerprint density at radius 2 is 1.97 bits per heavy atom. The second-order valence-electron chi connectivity index (χ2n) is 8.98. The van der Waals surface area contributed by atoms with Crippen LogP contribution in [0, 0.1) is 11.8 Å². The predicted octanol–water partition coefficient (Wildman–Crippen LogP) is 1.33. The van der Waals surface area contributed by atoms with Gasteiger partial charge in [0, 0.05) is 43.4 Å². The zero-order chi connectivity index (χ0) is 24.5. The lowest BCUT2D eigenvalue weighted by molar-refractivity contribution is -0.136. The number of urea groups is 1. The summed E-state index contributed by atoms with van der Waals surface area (Å²) in [5.41, 5.74) is 2.44. The van der Waals surface area contributed by atoms with Crippen molar-refractivity contribution >= 4 is 29.4 Å². The number of aromatic nitrogens is 3. The molecule has 2 aromatic rings. The minimum atomic E-state index is -0.604. The van der Waals surface area contributed by atoms with Gasteiger partial charge < -0.3 is 14.8 Å². The highest BCUT2D eigenvalue weighted by Gasteiger charge is 2.37. The molecule has 1 fully saturated rings. The van der Waals surface area contributed by atoms with Crippen LogP contribution in [-0.4, -0.2) is 56.0 Å². The van der Waals surface area contributed by atoms with Crippen LogP contribution in [0.1, 0.15) is 19.3 Å². The highest BCUT2D eigenvalue weighted by atomic mass is 16.2. The topological polar surface area (TPSA) is 138 Å². The van der Waals surface area contributed by atoms with E-state index in [4.69, 9.17) is 0 Å². The van der Waals surface area contributed by atoms with Crippen LogP contribution in [0.2, 0.25) is 0 Å². The smallest absolute Gasteiger partial charge is 0.325 e. The summed E-state index contributed by atoms with van der Waals surface area (Å²) < 4.78 is 1.79. The van der Waals surface area contributed by atoms with Crippen LogP contribution < -0.4 is 16.0 Å². The van der Waals surface area contributed by atoms with E-state index in [0.29, 0.717) is 37.3 Å². The Kier molecular flexibility index (Phi) is 5.89. The van der Waals surface area contributed by atoms with Gasteiger partial charge in [0.15, 0.2) is 5.82 Å². The maximum absolute atomic E-state index is 12.7. The number of carbonyl (C=O) groups excluding carboxylic acids is 4. The Hall–Kier alpha value is -4.28. The molecule has 0 saturated carbocycles. The lowest BCUT2D eigenvalue weighted by atomic mass is 9.84. The Balaban J connectivity index is 1.14. The van der Waals surface area contributed by atoms with Crippen molar-refractivity contribution in [3.8, 4) is 11.4 Å². The lowest BCUT2D eigenvalue weighted by Gasteiger charge is -2.30. The summed E-state index contributed by atoms with van der Waals surface area (Å²) in [5.74, 6) is -0.576. The van der Waals surface area contributed by atoms with Crippen LogP contribution >= 0.6 is 0 Å². The second-order valence-corrected chi connectivity index (χ2v) is 8.98. The van der Waals surface area contributed by atoms with Crippen molar-refractivity contribution in [1.29, 1.82) is 0 Å². The van der Waals surface area contributed by atoms with Crippen molar-refractivity contribution < 1.29 is 19.2 Å². The van der Waals surface area contributed by atoms with E-state index in [1.54, 1.807) is 29.1 Å². The van der Waals surface area contributed by atoms with Crippen molar-refractivity contribution in [3.63, 3.8) is 0 Å². The molecule has 1 aliphatic carbocycles. The molecule has 0 bridgehead atoms. The van der Waals surface area contributed by atoms with E-state index in [0.717, 1.165) is 11.1 Å². The molecule has 35 heavy (non-hydrogen) atoms. The maximum atomic E-state index is 12.7. The van der Waals surface area contributed by atoms with E-state index in [2.05, 4.69) is 26.1 Å². The molecule has 1 saturated heterocycles. The Morgan fingerprint density at radius 1 is 1.17 bits per heavy atom. The SMILES string of the molecule is Cn1cnnc1-c1ccc(NC(=O)NC(=O)C2C=CC3=CN(C4CCC(=O)NC4=O)CC3C2)cc1. The summed E-state index contributed by atoms with van der Waals surface area (Å²) in [5, 5.41) is 15.4. The van der Waals surface area contributed by atoms with E-state index in [9.17, 15) is 19.2 Å². The predicted molar refractivity (Wildman–Crippen MR) is 125 cm³/mol. The quantitative estimate of drug-likeness (QED) is 0.567. The largest absolute Gasteiger partial charge is 0.365 e. The number of piperidine rings is 1. The summed E-state index contributed by atoms with van der Waals surface area (Å²) in [6.07, 6.45) is 8.55. The van der Waals surface area contributed by atoms with E-state index in [1.807, 2.05) is 36.4 Å². The van der Waals surface area contributed by atoms with Crippen molar-refractivity contribution in [2.45, 2.75) is 25.3 Å². The van der Waals surface area contributed by atoms with Gasteiger partial charge in [-0.1, -0.05) is 12.2 Å². The number of rotatable bonds is 4. The number of anilines is 1. The van der Waals surface area contributed by atoms with Crippen LogP contribution in [0.25, 0.3) is 11.4 Å². The highest BCUT2D eigenvalue weighted by Crippen LogP contribution is 2.35. The van der Waals surface area contributed by atoms with Gasteiger partial charge in [0.05, 0.1) is 5.92 Å². The third-order valence-corrected chi connectivity index (χ3v) is 6.57. The lowest BCUT2D eigenvalue weighted by Crippen LogP contribution is -2.50. The molecule has 3 unspecified atom stereocenters. The zero-order valence-corrected chi connectivity index (χ0v) is 19.1. The van der Waals surface area contributed by atoms with Crippen LogP contribution in [0.15, 0.2) is 54.5 Å². The number of benzene rings is 1. The zero-order valence-electron chi connectivity index (χ0n) is 19.1. The van der Waals surface area contributed by atoms with Crippen molar-refractivity contribution in [1.82, 2.24) is 30.3 Å². The molecule has 3 heterocycles. The molecule has 2 aliphatic heterocycles. The number of hydrogen-bond acceptors (Lipinski definition) is 7. The molecule has 1 aromatic heterocycles. The highest BCUT2D eigenvalue weighted by molar-refractivity contribution is 6.02. The van der Waals surface area contributed by atoms with Gasteiger partial charge in [0.1, 0.15) is 12.4 Å². The molecule has 3 atom stereocenters. The normalized spacial score (nSPS) is 23.4. The third kappa shape index (κ3) is 4.70. The van der Waals surface area contributed by atoms with Crippen molar-refractivity contribution in [2.75, 3.05) is 11.9 Å². The number of imide groups is 2. The summed E-state index contributed by atoms with van der Waals surface area (Å²) in [4.78, 5) is 50.7. The number of amides is 5. The molecule has 180 valence electrons. The number of carbonyl (C=O) groups is 4. The van der Waals surface area contributed by atoms with Gasteiger partial charge in [0.25, 0.3) is 0 Å². The summed E-state index contributed by atoms with van der Waals surface area (Å²) in [6, 6.07) is 6.10. The van der Waals surface area contributed by atoms with Gasteiger partial charge in [0.2, 0.25) is 17.7 Å². The fourth-order valence-corrected chi connectivity index (χ4v) is 4.74. The monoisotopic (exact) mass is 475 g/mol. The standard InChI is InChI=1S/C24H25N7O4/c1-30-13-25-29-21(30)14-4-6-18(7-5-14)26-24(35)28-22(33)15-2-3-16-11-31(12-17(16)10-15)19-8-9-20(32)27-23(19)34/h2-7,11,13,15,17,19H,8-10,12H2,1H3,(H,27,32,34)(H2,26,28,33,35). The molecular weight excluding hydrogens is 450 g/mol. The summed E-state index contributed by atoms with van der Waals surface area (Å²) in [6.45, 7) is 0.597. The first-order valence-electron chi connectivity index (χ1n) is 11.4. The van der Waals surface area contributed by atoms with Gasteiger partial charge >= 0.3 is 6.03 Å². The Labute approximate surface area is 201 Å². The third-order valence-electron chi connectivity index (χ3n) is 6.57. The average molecular weight is 476 g/mol. The molecule has 3 aliphatic rings. The molecule has 0 radical (unpaired) electrons. The van der Waals surface area contributed by atoms with Gasteiger partial charge in [-0.25, -0.2) is 4.79 Å². The Morgan fingerprint density at radius 3 is 2.69 bits per heavy atom. The van der Waals surface area contributed by atoms with E-state index < -0.39 is 11.9 Å². The molecule has 1 aromatic carbocycles. The van der Waals surface area contributed by atoms with Crippen molar-refractivity contribution in [3.05, 3.63) is 54.5 Å². The van der Waals surface area contributed by atoms with Crippen LogP contribution in [-0.2, 0) is 21.4 Å². The van der Waals surface area contributed by atoms with Crippen LogP contribution in [0.5, 0.6) is 0 Å². The summed E-state index contributed by atoms with van der Waals surface area (Å²) >= 11 is 0. The number of aryl methyl sites for hydroxylation is 1. The van der Waals surface area contributed by atoms with Crippen LogP contribution in [0.4, 0.5) is 10.5 Å². The minimum absolute atomic E-state index is 0.0809. The first-order valence-corrected chi connectivity index (χ1v) is 11.4. The number of fused-ring (bicyclic) bond motifs is 1. The van der Waals surface area contributed by atoms with E-state index in [-0.39, 0.29) is 29.7 Å². The second kappa shape index (κ2) is 9.16. The van der Waals surface area contributed by atoms with E-state index in [1.165, 1.54) is 0 Å². The first-order chi connectivity index (χ1) is 16.9. The number of allylic oxidation sites excluding steroid dienone is 1. The fraction of sp³-hybridized carbons (Fsp3) is 0.333. The van der Waals surface area contributed by atoms with Crippen molar-refractivity contribution in [2.24, 2.45) is 18.9 Å². The number of hydrogen-bond donors (Lipinski definition) is 3. The number of nitrogens with zero attached hydrogens (tertiary/aromatic N) is 4. The van der Waals surface area contributed by atoms with Gasteiger partial charge in [-0.05, 0) is 42.7 Å².